The number of benzene rings is 2. The maximum Gasteiger partial charge on any atom is 0.124 e. The Morgan fingerprint density at radius 2 is 2.05 bits per heavy atom. The highest BCUT2D eigenvalue weighted by Crippen LogP contribution is 2.31. The van der Waals surface area contributed by atoms with Gasteiger partial charge in [0.25, 0.3) is 0 Å². The molecule has 0 fully saturated rings. The van der Waals surface area contributed by atoms with Crippen LogP contribution in [0.3, 0.4) is 0 Å². The van der Waals surface area contributed by atoms with Gasteiger partial charge in [0.15, 0.2) is 0 Å². The second-order valence-electron chi connectivity index (χ2n) is 4.85. The molecule has 0 aliphatic rings. The average Bonchev–Trinajstić information content (AvgIpc) is 2.89. The summed E-state index contributed by atoms with van der Waals surface area (Å²) in [5.74, 6) is 5.33. The number of rotatable bonds is 4. The van der Waals surface area contributed by atoms with Gasteiger partial charge in [-0.15, -0.1) is 11.3 Å². The molecular formula is C16H14ClFN2S. The Hall–Kier alpha value is -1.46. The summed E-state index contributed by atoms with van der Waals surface area (Å²) < 4.78 is 14.4. The van der Waals surface area contributed by atoms with E-state index in [-0.39, 0.29) is 11.9 Å². The molecule has 1 unspecified atom stereocenters. The molecule has 5 heteroatoms. The number of hydrogen-bond donors (Lipinski definition) is 2. The third-order valence-electron chi connectivity index (χ3n) is 3.52. The van der Waals surface area contributed by atoms with Crippen LogP contribution >= 0.6 is 22.9 Å². The number of nitrogens with two attached hydrogens (primary N) is 1. The number of hydrogen-bond acceptors (Lipinski definition) is 3. The van der Waals surface area contributed by atoms with Gasteiger partial charge in [-0.3, -0.25) is 11.3 Å². The smallest absolute Gasteiger partial charge is 0.124 e. The van der Waals surface area contributed by atoms with Crippen LogP contribution in [0, 0.1) is 5.82 Å². The molecule has 0 bridgehead atoms. The normalized spacial score (nSPS) is 12.7. The van der Waals surface area contributed by atoms with Crippen LogP contribution < -0.4 is 11.3 Å². The minimum atomic E-state index is -0.347. The van der Waals surface area contributed by atoms with E-state index in [0.717, 1.165) is 5.56 Å². The monoisotopic (exact) mass is 320 g/mol. The van der Waals surface area contributed by atoms with Gasteiger partial charge >= 0.3 is 0 Å². The molecule has 0 aliphatic heterocycles. The van der Waals surface area contributed by atoms with E-state index in [1.54, 1.807) is 17.4 Å². The van der Waals surface area contributed by atoms with E-state index in [9.17, 15) is 4.39 Å². The van der Waals surface area contributed by atoms with Crippen LogP contribution in [0.4, 0.5) is 4.39 Å². The van der Waals surface area contributed by atoms with E-state index in [4.69, 9.17) is 17.4 Å². The van der Waals surface area contributed by atoms with Gasteiger partial charge in [-0.05, 0) is 46.5 Å². The molecule has 1 heterocycles. The minimum absolute atomic E-state index is 0.156. The molecule has 3 N–H and O–H groups in total. The molecule has 2 aromatic carbocycles. The first-order valence-corrected chi connectivity index (χ1v) is 7.81. The van der Waals surface area contributed by atoms with Crippen LogP contribution in [0.1, 0.15) is 17.2 Å². The zero-order valence-electron chi connectivity index (χ0n) is 11.1. The fourth-order valence-electron chi connectivity index (χ4n) is 2.45. The molecule has 108 valence electrons. The number of thiophene rings is 1. The molecular weight excluding hydrogens is 307 g/mol. The van der Waals surface area contributed by atoms with Crippen LogP contribution in [0.15, 0.2) is 47.8 Å². The number of fused-ring (bicyclic) bond motifs is 1. The van der Waals surface area contributed by atoms with E-state index >= 15 is 0 Å². The van der Waals surface area contributed by atoms with Crippen molar-refractivity contribution in [1.82, 2.24) is 5.43 Å². The molecule has 0 aliphatic carbocycles. The molecule has 2 nitrogen and oxygen atoms in total. The SMILES string of the molecule is NNC(Cc1csc2ccccc12)c1ccc(F)cc1Cl. The van der Waals surface area contributed by atoms with Gasteiger partial charge in [0, 0.05) is 9.72 Å². The summed E-state index contributed by atoms with van der Waals surface area (Å²) in [6, 6.07) is 12.5. The van der Waals surface area contributed by atoms with Gasteiger partial charge in [-0.2, -0.15) is 0 Å². The molecule has 21 heavy (non-hydrogen) atoms. The lowest BCUT2D eigenvalue weighted by atomic mass is 9.99. The molecule has 0 radical (unpaired) electrons. The summed E-state index contributed by atoms with van der Waals surface area (Å²) in [5.41, 5.74) is 4.79. The van der Waals surface area contributed by atoms with Crippen molar-refractivity contribution >= 4 is 33.0 Å². The first-order chi connectivity index (χ1) is 10.2. The standard InChI is InChI=1S/C16H14ClFN2S/c17-14-8-11(18)5-6-13(14)15(20-19)7-10-9-21-16-4-2-1-3-12(10)16/h1-6,8-9,15,20H,7,19H2. The zero-order valence-corrected chi connectivity index (χ0v) is 12.7. The molecule has 0 amide bonds. The van der Waals surface area contributed by atoms with Gasteiger partial charge in [0.1, 0.15) is 5.82 Å². The van der Waals surface area contributed by atoms with Crippen LogP contribution in [-0.4, -0.2) is 0 Å². The van der Waals surface area contributed by atoms with Gasteiger partial charge in [0.2, 0.25) is 0 Å². The predicted molar refractivity (Wildman–Crippen MR) is 87.0 cm³/mol. The van der Waals surface area contributed by atoms with Gasteiger partial charge in [-0.1, -0.05) is 35.9 Å². The van der Waals surface area contributed by atoms with E-state index in [2.05, 4.69) is 22.9 Å². The Morgan fingerprint density at radius 1 is 1.24 bits per heavy atom. The largest absolute Gasteiger partial charge is 0.271 e. The van der Waals surface area contributed by atoms with Gasteiger partial charge in [0.05, 0.1) is 6.04 Å². The highest BCUT2D eigenvalue weighted by Gasteiger charge is 2.16. The Kier molecular flexibility index (Phi) is 4.22. The lowest BCUT2D eigenvalue weighted by Gasteiger charge is -2.17. The first-order valence-electron chi connectivity index (χ1n) is 6.55. The van der Waals surface area contributed by atoms with Gasteiger partial charge < -0.3 is 0 Å². The van der Waals surface area contributed by atoms with Crippen molar-refractivity contribution in [3.8, 4) is 0 Å². The van der Waals surface area contributed by atoms with E-state index < -0.39 is 0 Å². The van der Waals surface area contributed by atoms with Crippen LogP contribution in [0.25, 0.3) is 10.1 Å². The van der Waals surface area contributed by atoms with Crippen molar-refractivity contribution in [3.05, 3.63) is 69.8 Å². The number of halogens is 2. The van der Waals surface area contributed by atoms with Crippen LogP contribution in [0.2, 0.25) is 5.02 Å². The van der Waals surface area contributed by atoms with E-state index in [1.165, 1.54) is 27.8 Å². The maximum absolute atomic E-state index is 13.2. The molecule has 1 atom stereocenters. The zero-order chi connectivity index (χ0) is 14.8. The Bertz CT molecular complexity index is 772. The Morgan fingerprint density at radius 3 is 2.81 bits per heavy atom. The van der Waals surface area contributed by atoms with Crippen molar-refractivity contribution < 1.29 is 4.39 Å². The molecule has 3 aromatic rings. The minimum Gasteiger partial charge on any atom is -0.271 e. The lowest BCUT2D eigenvalue weighted by Crippen LogP contribution is -2.29. The van der Waals surface area contributed by atoms with Crippen LogP contribution in [0.5, 0.6) is 0 Å². The van der Waals surface area contributed by atoms with Crippen molar-refractivity contribution in [3.63, 3.8) is 0 Å². The average molecular weight is 321 g/mol. The highest BCUT2D eigenvalue weighted by atomic mass is 35.5. The van der Waals surface area contributed by atoms with Crippen LogP contribution in [-0.2, 0) is 6.42 Å². The summed E-state index contributed by atoms with van der Waals surface area (Å²) in [6.07, 6.45) is 0.700. The second-order valence-corrected chi connectivity index (χ2v) is 6.16. The maximum atomic E-state index is 13.2. The summed E-state index contributed by atoms with van der Waals surface area (Å²) in [6.45, 7) is 0. The van der Waals surface area contributed by atoms with Crippen molar-refractivity contribution in [2.45, 2.75) is 12.5 Å². The van der Waals surface area contributed by atoms with E-state index in [0.29, 0.717) is 11.4 Å². The van der Waals surface area contributed by atoms with Crippen molar-refractivity contribution in [2.24, 2.45) is 5.84 Å². The second kappa shape index (κ2) is 6.12. The fourth-order valence-corrected chi connectivity index (χ4v) is 3.73. The Balaban J connectivity index is 1.94. The van der Waals surface area contributed by atoms with Gasteiger partial charge in [-0.25, -0.2) is 4.39 Å². The molecule has 0 saturated heterocycles. The van der Waals surface area contributed by atoms with Crippen molar-refractivity contribution in [1.29, 1.82) is 0 Å². The van der Waals surface area contributed by atoms with E-state index in [1.807, 2.05) is 12.1 Å². The molecule has 1 aromatic heterocycles. The summed E-state index contributed by atoms with van der Waals surface area (Å²) in [4.78, 5) is 0. The summed E-state index contributed by atoms with van der Waals surface area (Å²) in [5, 5.41) is 3.74. The topological polar surface area (TPSA) is 38.0 Å². The summed E-state index contributed by atoms with van der Waals surface area (Å²) >= 11 is 7.84. The number of hydrazine groups is 1. The first kappa shape index (κ1) is 14.5. The van der Waals surface area contributed by atoms with Crippen molar-refractivity contribution in [2.75, 3.05) is 0 Å². The molecule has 0 saturated carbocycles. The molecule has 0 spiro atoms. The number of nitrogens with one attached hydrogen (secondary N) is 1. The highest BCUT2D eigenvalue weighted by molar-refractivity contribution is 7.17. The molecule has 3 rings (SSSR count). The third kappa shape index (κ3) is 2.94. The summed E-state index contributed by atoms with van der Waals surface area (Å²) in [7, 11) is 0. The Labute approximate surface area is 131 Å². The third-order valence-corrected chi connectivity index (χ3v) is 4.86. The quantitative estimate of drug-likeness (QED) is 0.551. The predicted octanol–water partition coefficient (Wildman–Crippen LogP) is 4.44. The lowest BCUT2D eigenvalue weighted by molar-refractivity contribution is 0.551. The fraction of sp³-hybridized carbons (Fsp3) is 0.125.